The lowest BCUT2D eigenvalue weighted by Gasteiger charge is -2.27. The van der Waals surface area contributed by atoms with E-state index in [1.165, 1.54) is 270 Å². The first-order chi connectivity index (χ1) is 41.4. The molecule has 3 unspecified atom stereocenters. The first kappa shape index (κ1) is 83.0. The third-order valence-electron chi connectivity index (χ3n) is 16.7. The van der Waals surface area contributed by atoms with Gasteiger partial charge in [-0.3, -0.25) is 18.6 Å². The van der Waals surface area contributed by atoms with Gasteiger partial charge in [0.05, 0.1) is 33.8 Å². The molecule has 9 nitrogen and oxygen atoms in total. The molecule has 0 radical (unpaired) electrons. The lowest BCUT2D eigenvalue weighted by atomic mass is 10.0. The molecule has 3 atom stereocenters. The van der Waals surface area contributed by atoms with E-state index < -0.39 is 20.0 Å². The Kier molecular flexibility index (Phi) is 63.4. The Morgan fingerprint density at radius 2 is 0.718 bits per heavy atom. The van der Waals surface area contributed by atoms with Gasteiger partial charge < -0.3 is 19.4 Å². The summed E-state index contributed by atoms with van der Waals surface area (Å²) < 4.78 is 30.8. The Bertz CT molecular complexity index is 1590. The van der Waals surface area contributed by atoms with E-state index in [9.17, 15) is 19.0 Å². The van der Waals surface area contributed by atoms with Crippen LogP contribution in [0.4, 0.5) is 0 Å². The number of amides is 1. The molecule has 500 valence electrons. The van der Waals surface area contributed by atoms with E-state index in [-0.39, 0.29) is 25.1 Å². The van der Waals surface area contributed by atoms with Gasteiger partial charge in [0, 0.05) is 12.8 Å². The van der Waals surface area contributed by atoms with Crippen LogP contribution in [0, 0.1) is 0 Å². The summed E-state index contributed by atoms with van der Waals surface area (Å²) in [7, 11) is 1.51. The van der Waals surface area contributed by atoms with Gasteiger partial charge in [-0.25, -0.2) is 4.57 Å². The third kappa shape index (κ3) is 66.2. The number of quaternary nitrogens is 1. The van der Waals surface area contributed by atoms with Gasteiger partial charge in [0.2, 0.25) is 5.91 Å². The SMILES string of the molecule is CCCCC/C=C\C/C=C\CCCCCCCCCCCCCCCCCC(=O)NC(COP(=O)(O)OCC[N+](C)(C)C)C(/C=C/CCCCCCCCCCC)OC(=O)CCCCCCCCCCCCCCC/C=C/CCCCCCCC. The van der Waals surface area contributed by atoms with Crippen molar-refractivity contribution in [2.24, 2.45) is 0 Å². The first-order valence-corrected chi connectivity index (χ1v) is 38.5. The van der Waals surface area contributed by atoms with Crippen LogP contribution in [0.15, 0.2) is 48.6 Å². The van der Waals surface area contributed by atoms with Crippen LogP contribution in [0.5, 0.6) is 0 Å². The minimum absolute atomic E-state index is 0.0420. The molecule has 1 amide bonds. The molecule has 0 aliphatic rings. The second-order valence-corrected chi connectivity index (χ2v) is 27.9. The van der Waals surface area contributed by atoms with E-state index in [2.05, 4.69) is 62.5 Å². The third-order valence-corrected chi connectivity index (χ3v) is 17.7. The molecule has 0 aliphatic carbocycles. The van der Waals surface area contributed by atoms with Crippen molar-refractivity contribution in [3.63, 3.8) is 0 Å². The molecule has 0 aromatic rings. The molecule has 0 heterocycles. The summed E-state index contributed by atoms with van der Waals surface area (Å²) in [5.41, 5.74) is 0. The van der Waals surface area contributed by atoms with E-state index in [1.807, 2.05) is 33.3 Å². The van der Waals surface area contributed by atoms with Crippen LogP contribution in [0.1, 0.15) is 367 Å². The van der Waals surface area contributed by atoms with E-state index in [1.54, 1.807) is 0 Å². The van der Waals surface area contributed by atoms with Crippen LogP contribution < -0.4 is 5.32 Å². The van der Waals surface area contributed by atoms with E-state index in [0.717, 1.165) is 64.2 Å². The fraction of sp³-hybridized carbons (Fsp3) is 0.867. The zero-order chi connectivity index (χ0) is 62.1. The Morgan fingerprint density at radius 1 is 0.412 bits per heavy atom. The van der Waals surface area contributed by atoms with Crippen molar-refractivity contribution in [3.05, 3.63) is 48.6 Å². The number of unbranched alkanes of at least 4 members (excludes halogenated alkanes) is 46. The number of rotatable bonds is 68. The number of carbonyl (C=O) groups excluding carboxylic acids is 2. The maximum Gasteiger partial charge on any atom is 0.472 e. The zero-order valence-electron chi connectivity index (χ0n) is 57.4. The minimum Gasteiger partial charge on any atom is -0.456 e. The summed E-state index contributed by atoms with van der Waals surface area (Å²) in [5, 5.41) is 3.08. The molecule has 10 heteroatoms. The highest BCUT2D eigenvalue weighted by Crippen LogP contribution is 2.43. The van der Waals surface area contributed by atoms with Gasteiger partial charge in [-0.2, -0.15) is 0 Å². The van der Waals surface area contributed by atoms with Crippen molar-refractivity contribution in [3.8, 4) is 0 Å². The number of hydrogen-bond acceptors (Lipinski definition) is 6. The van der Waals surface area contributed by atoms with Gasteiger partial charge >= 0.3 is 13.8 Å². The number of phosphoric acid groups is 1. The molecule has 2 N–H and O–H groups in total. The Balaban J connectivity index is 4.95. The van der Waals surface area contributed by atoms with E-state index in [0.29, 0.717) is 23.9 Å². The van der Waals surface area contributed by atoms with Crippen molar-refractivity contribution in [2.45, 2.75) is 380 Å². The van der Waals surface area contributed by atoms with Crippen LogP contribution in [-0.2, 0) is 27.9 Å². The average molecular weight is 1220 g/mol. The smallest absolute Gasteiger partial charge is 0.456 e. The van der Waals surface area contributed by atoms with Crippen LogP contribution in [0.3, 0.4) is 0 Å². The molecule has 0 saturated carbocycles. The monoisotopic (exact) mass is 1220 g/mol. The second kappa shape index (κ2) is 64.9. The standard InChI is InChI=1S/C75H143N2O7P/c1-7-10-13-16-19-22-25-27-29-31-33-35-37-38-40-41-43-45-47-49-52-55-58-61-64-67-74(78)76-72(71-83-85(80,81)82-70-69-77(4,5)6)73(66-63-60-57-54-51-24-21-18-15-12-9-3)84-75(79)68-65-62-59-56-53-50-48-46-44-42-39-36-34-32-30-28-26-23-20-17-14-11-8-2/h19,22,27-30,63,66,72-73H,7-18,20-21,23-26,31-62,64-65,67-71H2,1-6H3,(H-,76,78,80,81)/p+1/b22-19-,29-27-,30-28+,66-63+. The van der Waals surface area contributed by atoms with Gasteiger partial charge in [0.15, 0.2) is 0 Å². The Hall–Kier alpha value is -2.03. The van der Waals surface area contributed by atoms with Crippen molar-refractivity contribution < 1.29 is 37.3 Å². The average Bonchev–Trinajstić information content (AvgIpc) is 3.64. The molecule has 0 spiro atoms. The second-order valence-electron chi connectivity index (χ2n) is 26.5. The van der Waals surface area contributed by atoms with Gasteiger partial charge in [0.1, 0.15) is 19.3 Å². The number of likely N-dealkylation sites (N-methyl/N-ethyl adjacent to an activating group) is 1. The molecule has 0 aliphatic heterocycles. The van der Waals surface area contributed by atoms with Crippen molar-refractivity contribution in [1.29, 1.82) is 0 Å². The largest absolute Gasteiger partial charge is 0.472 e. The van der Waals surface area contributed by atoms with Gasteiger partial charge in [-0.15, -0.1) is 0 Å². The summed E-state index contributed by atoms with van der Waals surface area (Å²) >= 11 is 0. The van der Waals surface area contributed by atoms with Crippen molar-refractivity contribution in [2.75, 3.05) is 40.9 Å². The molecule has 0 rings (SSSR count). The summed E-state index contributed by atoms with van der Waals surface area (Å²) in [6, 6.07) is -0.847. The summed E-state index contributed by atoms with van der Waals surface area (Å²) in [5.74, 6) is -0.488. The summed E-state index contributed by atoms with van der Waals surface area (Å²) in [6.07, 6.45) is 82.8. The number of allylic oxidation sites excluding steroid dienone is 7. The molecule has 0 saturated heterocycles. The molecule has 0 aromatic heterocycles. The predicted molar refractivity (Wildman–Crippen MR) is 369 cm³/mol. The highest BCUT2D eigenvalue weighted by atomic mass is 31.2. The fourth-order valence-electron chi connectivity index (χ4n) is 11.0. The van der Waals surface area contributed by atoms with Crippen LogP contribution >= 0.6 is 7.82 Å². The number of hydrogen-bond donors (Lipinski definition) is 2. The van der Waals surface area contributed by atoms with Crippen LogP contribution in [-0.4, -0.2) is 74.3 Å². The molecule has 0 bridgehead atoms. The molecular formula is C75H144N2O7P+. The maximum absolute atomic E-state index is 13.6. The molecular weight excluding hydrogens is 1070 g/mol. The van der Waals surface area contributed by atoms with Gasteiger partial charge in [-0.05, 0) is 89.5 Å². The highest BCUT2D eigenvalue weighted by molar-refractivity contribution is 7.47. The molecule has 0 fully saturated rings. The van der Waals surface area contributed by atoms with Crippen molar-refractivity contribution in [1.82, 2.24) is 5.32 Å². The van der Waals surface area contributed by atoms with Crippen LogP contribution in [0.2, 0.25) is 0 Å². The number of esters is 1. The first-order valence-electron chi connectivity index (χ1n) is 37.0. The number of carbonyl (C=O) groups is 2. The Morgan fingerprint density at radius 3 is 1.09 bits per heavy atom. The molecule has 85 heavy (non-hydrogen) atoms. The highest BCUT2D eigenvalue weighted by Gasteiger charge is 2.30. The number of nitrogens with one attached hydrogen (secondary N) is 1. The quantitative estimate of drug-likeness (QED) is 0.0205. The minimum atomic E-state index is -4.45. The van der Waals surface area contributed by atoms with E-state index >= 15 is 0 Å². The van der Waals surface area contributed by atoms with Gasteiger partial charge in [0.25, 0.3) is 0 Å². The zero-order valence-corrected chi connectivity index (χ0v) is 58.3. The lowest BCUT2D eigenvalue weighted by molar-refractivity contribution is -0.870. The van der Waals surface area contributed by atoms with Crippen molar-refractivity contribution >= 4 is 19.7 Å². The normalized spacial score (nSPS) is 13.7. The summed E-state index contributed by atoms with van der Waals surface area (Å²) in [6.45, 7) is 7.04. The summed E-state index contributed by atoms with van der Waals surface area (Å²) in [4.78, 5) is 37.9. The maximum atomic E-state index is 13.6. The Labute approximate surface area is 529 Å². The van der Waals surface area contributed by atoms with Gasteiger partial charge in [-0.1, -0.05) is 314 Å². The topological polar surface area (TPSA) is 111 Å². The lowest BCUT2D eigenvalue weighted by Crippen LogP contribution is -2.47. The fourth-order valence-corrected chi connectivity index (χ4v) is 11.8. The number of ether oxygens (including phenoxy) is 1. The number of phosphoric ester groups is 1. The predicted octanol–water partition coefficient (Wildman–Crippen LogP) is 23.6. The number of nitrogens with zero attached hydrogens (tertiary/aromatic N) is 1. The van der Waals surface area contributed by atoms with Crippen LogP contribution in [0.25, 0.3) is 0 Å². The van der Waals surface area contributed by atoms with E-state index in [4.69, 9.17) is 13.8 Å². The molecule has 0 aromatic carbocycles.